The Morgan fingerprint density at radius 1 is 1.29 bits per heavy atom. The molecular formula is C25H40N4O5. The monoisotopic (exact) mass is 476 g/mol. The van der Waals surface area contributed by atoms with Crippen molar-refractivity contribution in [3.8, 4) is 0 Å². The summed E-state index contributed by atoms with van der Waals surface area (Å²) in [5.74, 6) is -2.90. The van der Waals surface area contributed by atoms with Gasteiger partial charge in [0.15, 0.2) is 0 Å². The molecule has 0 aromatic carbocycles. The van der Waals surface area contributed by atoms with Crippen LogP contribution in [0.5, 0.6) is 0 Å². The van der Waals surface area contributed by atoms with Gasteiger partial charge in [-0.05, 0) is 38.0 Å². The summed E-state index contributed by atoms with van der Waals surface area (Å²) in [6.45, 7) is 10.7. The summed E-state index contributed by atoms with van der Waals surface area (Å²) in [6.07, 6.45) is 6.13. The van der Waals surface area contributed by atoms with Gasteiger partial charge in [0.05, 0.1) is 19.5 Å². The lowest BCUT2D eigenvalue weighted by molar-refractivity contribution is -0.150. The van der Waals surface area contributed by atoms with Crippen LogP contribution in [0.2, 0.25) is 0 Å². The second kappa shape index (κ2) is 11.6. The number of carbonyl (C=O) groups is 3. The number of aliphatic hydroxyl groups is 1. The van der Waals surface area contributed by atoms with Crippen LogP contribution in [0.1, 0.15) is 60.1 Å². The number of nitrogens with zero attached hydrogens (tertiary/aromatic N) is 1. The molecule has 0 saturated carbocycles. The number of amides is 2. The first-order valence-corrected chi connectivity index (χ1v) is 11.9. The fraction of sp³-hybridized carbons (Fsp3) is 0.680. The molecule has 1 aromatic heterocycles. The second-order valence-corrected chi connectivity index (χ2v) is 10.0. The standard InChI is InChI=1S/C25H40N4O5/c1-14(2)21(23(32)34-7)28-24(33)25(15(3)4,29-17(6)30)20-9-8-16(5)10-18(22(20)31)11-19-12-26-13-27-19/h10,12-15,18,20-22,31H,8-9,11H2,1-7H3,(H,26,27)(H,28,33)(H,29,30)/t18?,20?,21-,22?,25+/m0/s1. The van der Waals surface area contributed by atoms with Crippen LogP contribution in [-0.4, -0.2) is 57.7 Å². The predicted octanol–water partition coefficient (Wildman–Crippen LogP) is 2.13. The van der Waals surface area contributed by atoms with Crippen molar-refractivity contribution in [2.24, 2.45) is 23.7 Å². The topological polar surface area (TPSA) is 133 Å². The number of rotatable bonds is 9. The molecule has 0 saturated heterocycles. The third-order valence-electron chi connectivity index (χ3n) is 6.87. The third kappa shape index (κ3) is 6.05. The maximum atomic E-state index is 14.0. The van der Waals surface area contributed by atoms with Gasteiger partial charge in [0, 0.05) is 30.7 Å². The molecule has 9 heteroatoms. The number of ether oxygens (including phenoxy) is 1. The predicted molar refractivity (Wildman–Crippen MR) is 128 cm³/mol. The van der Waals surface area contributed by atoms with Crippen molar-refractivity contribution in [2.45, 2.75) is 78.5 Å². The molecule has 190 valence electrons. The van der Waals surface area contributed by atoms with E-state index in [9.17, 15) is 19.5 Å². The van der Waals surface area contributed by atoms with Crippen molar-refractivity contribution in [1.29, 1.82) is 0 Å². The lowest BCUT2D eigenvalue weighted by atomic mass is 9.67. The van der Waals surface area contributed by atoms with Gasteiger partial charge in [-0.2, -0.15) is 0 Å². The number of methoxy groups -OCH3 is 1. The van der Waals surface area contributed by atoms with Crippen molar-refractivity contribution >= 4 is 17.8 Å². The number of hydrogen-bond donors (Lipinski definition) is 4. The molecule has 1 heterocycles. The molecule has 1 aliphatic carbocycles. The summed E-state index contributed by atoms with van der Waals surface area (Å²) in [6, 6.07) is -0.882. The molecule has 5 atom stereocenters. The van der Waals surface area contributed by atoms with Gasteiger partial charge < -0.3 is 25.5 Å². The summed E-state index contributed by atoms with van der Waals surface area (Å²) in [5, 5.41) is 17.4. The van der Waals surface area contributed by atoms with Gasteiger partial charge in [-0.25, -0.2) is 9.78 Å². The van der Waals surface area contributed by atoms with E-state index in [0.29, 0.717) is 19.3 Å². The van der Waals surface area contributed by atoms with Crippen LogP contribution in [0.15, 0.2) is 24.2 Å². The highest BCUT2D eigenvalue weighted by atomic mass is 16.5. The van der Waals surface area contributed by atoms with Crippen LogP contribution in [-0.2, 0) is 25.5 Å². The Labute approximate surface area is 202 Å². The minimum Gasteiger partial charge on any atom is -0.467 e. The first-order chi connectivity index (χ1) is 15.9. The van der Waals surface area contributed by atoms with Crippen LogP contribution < -0.4 is 10.6 Å². The Morgan fingerprint density at radius 2 is 1.97 bits per heavy atom. The molecule has 1 aliphatic rings. The van der Waals surface area contributed by atoms with Crippen molar-refractivity contribution < 1.29 is 24.2 Å². The number of aliphatic hydroxyl groups excluding tert-OH is 1. The Hall–Kier alpha value is -2.68. The molecular weight excluding hydrogens is 436 g/mol. The van der Waals surface area contributed by atoms with Crippen LogP contribution in [0.3, 0.4) is 0 Å². The average molecular weight is 477 g/mol. The van der Waals surface area contributed by atoms with Crippen LogP contribution in [0, 0.1) is 23.7 Å². The van der Waals surface area contributed by atoms with E-state index < -0.39 is 35.5 Å². The molecule has 34 heavy (non-hydrogen) atoms. The summed E-state index contributed by atoms with van der Waals surface area (Å²) in [4.78, 5) is 45.9. The van der Waals surface area contributed by atoms with Crippen molar-refractivity contribution in [3.05, 3.63) is 29.9 Å². The molecule has 4 N–H and O–H groups in total. The highest BCUT2D eigenvalue weighted by Gasteiger charge is 2.53. The number of H-pyrrole nitrogens is 1. The van der Waals surface area contributed by atoms with E-state index in [0.717, 1.165) is 11.3 Å². The minimum atomic E-state index is -1.43. The van der Waals surface area contributed by atoms with E-state index in [2.05, 4.69) is 20.6 Å². The lowest BCUT2D eigenvalue weighted by Gasteiger charge is -2.46. The fourth-order valence-electron chi connectivity index (χ4n) is 5.06. The number of imidazole rings is 1. The number of nitrogens with one attached hydrogen (secondary N) is 3. The van der Waals surface area contributed by atoms with Crippen LogP contribution in [0.4, 0.5) is 0 Å². The normalized spacial score (nSPS) is 23.5. The average Bonchev–Trinajstić information content (AvgIpc) is 3.22. The molecule has 9 nitrogen and oxygen atoms in total. The molecule has 0 spiro atoms. The molecule has 2 amide bonds. The number of aromatic amines is 1. The van der Waals surface area contributed by atoms with E-state index in [1.165, 1.54) is 14.0 Å². The highest BCUT2D eigenvalue weighted by Crippen LogP contribution is 2.40. The maximum Gasteiger partial charge on any atom is 0.328 e. The van der Waals surface area contributed by atoms with Crippen molar-refractivity contribution in [2.75, 3.05) is 7.11 Å². The van der Waals surface area contributed by atoms with Gasteiger partial charge in [0.2, 0.25) is 11.8 Å². The molecule has 2 rings (SSSR count). The van der Waals surface area contributed by atoms with Crippen molar-refractivity contribution in [1.82, 2.24) is 20.6 Å². The largest absolute Gasteiger partial charge is 0.467 e. The molecule has 0 fully saturated rings. The zero-order valence-electron chi connectivity index (χ0n) is 21.3. The second-order valence-electron chi connectivity index (χ2n) is 10.0. The number of carbonyl (C=O) groups excluding carboxylic acids is 3. The molecule has 3 unspecified atom stereocenters. The minimum absolute atomic E-state index is 0.227. The van der Waals surface area contributed by atoms with E-state index in [-0.39, 0.29) is 23.7 Å². The van der Waals surface area contributed by atoms with Gasteiger partial charge in [-0.1, -0.05) is 39.3 Å². The van der Waals surface area contributed by atoms with Gasteiger partial charge in [0.1, 0.15) is 11.6 Å². The third-order valence-corrected chi connectivity index (χ3v) is 6.87. The van der Waals surface area contributed by atoms with Gasteiger partial charge in [-0.15, -0.1) is 0 Å². The molecule has 1 aromatic rings. The first-order valence-electron chi connectivity index (χ1n) is 11.9. The summed E-state index contributed by atoms with van der Waals surface area (Å²) in [7, 11) is 1.27. The van der Waals surface area contributed by atoms with Crippen LogP contribution in [0.25, 0.3) is 0 Å². The zero-order chi connectivity index (χ0) is 25.6. The SMILES string of the molecule is COC(=O)[C@@H](NC(=O)[C@@](NC(C)=O)(C(C)C)C1CCC(C)=CC(Cc2cnc[nH]2)C1O)C(C)C. The summed E-state index contributed by atoms with van der Waals surface area (Å²) < 4.78 is 4.90. The number of allylic oxidation sites excluding steroid dienone is 1. The van der Waals surface area contributed by atoms with E-state index >= 15 is 0 Å². The van der Waals surface area contributed by atoms with Gasteiger partial charge in [-0.3, -0.25) is 9.59 Å². The first kappa shape index (κ1) is 27.6. The summed E-state index contributed by atoms with van der Waals surface area (Å²) >= 11 is 0. The Bertz CT molecular complexity index is 880. The molecule has 0 radical (unpaired) electrons. The summed E-state index contributed by atoms with van der Waals surface area (Å²) in [5.41, 5.74) is 0.553. The van der Waals surface area contributed by atoms with Crippen LogP contribution >= 0.6 is 0 Å². The molecule has 0 aliphatic heterocycles. The highest BCUT2D eigenvalue weighted by molar-refractivity contribution is 5.94. The van der Waals surface area contributed by atoms with E-state index in [1.807, 2.05) is 40.7 Å². The van der Waals surface area contributed by atoms with Crippen molar-refractivity contribution in [3.63, 3.8) is 0 Å². The number of aromatic nitrogens is 2. The van der Waals surface area contributed by atoms with E-state index in [1.54, 1.807) is 12.5 Å². The van der Waals surface area contributed by atoms with Gasteiger partial charge in [0.25, 0.3) is 0 Å². The lowest BCUT2D eigenvalue weighted by Crippen LogP contribution is -2.69. The zero-order valence-corrected chi connectivity index (χ0v) is 21.3. The smallest absolute Gasteiger partial charge is 0.328 e. The quantitative estimate of drug-likeness (QED) is 0.319. The fourth-order valence-corrected chi connectivity index (χ4v) is 5.06. The molecule has 0 bridgehead atoms. The Kier molecular flexibility index (Phi) is 9.44. The number of esters is 1. The van der Waals surface area contributed by atoms with E-state index in [4.69, 9.17) is 4.74 Å². The Morgan fingerprint density at radius 3 is 2.47 bits per heavy atom. The maximum absolute atomic E-state index is 14.0. The van der Waals surface area contributed by atoms with Gasteiger partial charge >= 0.3 is 5.97 Å². The Balaban J connectivity index is 2.53. The number of hydrogen-bond acceptors (Lipinski definition) is 6.